The molecule has 0 saturated heterocycles. The van der Waals surface area contributed by atoms with E-state index in [9.17, 15) is 9.59 Å². The molecule has 1 amide bonds. The Kier molecular flexibility index (Phi) is 3.76. The topological polar surface area (TPSA) is 95.1 Å². The van der Waals surface area contributed by atoms with Crippen LogP contribution in [0.3, 0.4) is 0 Å². The second-order valence-electron chi connectivity index (χ2n) is 4.19. The zero-order valence-corrected chi connectivity index (χ0v) is 9.90. The van der Waals surface area contributed by atoms with Gasteiger partial charge in [0, 0.05) is 6.54 Å². The van der Waals surface area contributed by atoms with Gasteiger partial charge in [-0.05, 0) is 25.7 Å². The fourth-order valence-electron chi connectivity index (χ4n) is 2.01. The van der Waals surface area contributed by atoms with E-state index in [0.717, 1.165) is 19.3 Å². The molecule has 2 rings (SSSR count). The normalized spacial score (nSPS) is 14.3. The molecule has 96 valence electrons. The van der Waals surface area contributed by atoms with E-state index in [-0.39, 0.29) is 11.4 Å². The Hall–Kier alpha value is -2.11. The minimum atomic E-state index is -1.18. The van der Waals surface area contributed by atoms with Crippen LogP contribution >= 0.6 is 0 Å². The predicted octanol–water partition coefficient (Wildman–Crippen LogP) is 1.34. The van der Waals surface area contributed by atoms with Crippen LogP contribution < -0.4 is 5.32 Å². The van der Waals surface area contributed by atoms with Crippen molar-refractivity contribution in [3.05, 3.63) is 29.4 Å². The summed E-state index contributed by atoms with van der Waals surface area (Å²) in [6, 6.07) is 0. The van der Waals surface area contributed by atoms with Crippen LogP contribution in [0.2, 0.25) is 0 Å². The van der Waals surface area contributed by atoms with Gasteiger partial charge in [0.2, 0.25) is 0 Å². The molecule has 0 radical (unpaired) electrons. The van der Waals surface area contributed by atoms with Crippen molar-refractivity contribution in [1.82, 2.24) is 15.3 Å². The number of carbonyl (C=O) groups excluding carboxylic acids is 1. The van der Waals surface area contributed by atoms with E-state index in [4.69, 9.17) is 5.11 Å². The summed E-state index contributed by atoms with van der Waals surface area (Å²) >= 11 is 0. The highest BCUT2D eigenvalue weighted by Gasteiger charge is 2.19. The number of nitrogens with one attached hydrogen (secondary N) is 2. The largest absolute Gasteiger partial charge is 0.477 e. The number of rotatable bonds is 5. The maximum atomic E-state index is 11.7. The summed E-state index contributed by atoms with van der Waals surface area (Å²) in [5, 5.41) is 11.5. The number of hydrogen-bond donors (Lipinski definition) is 3. The van der Waals surface area contributed by atoms with E-state index in [2.05, 4.69) is 21.4 Å². The summed E-state index contributed by atoms with van der Waals surface area (Å²) in [5.74, 6) is -1.64. The second kappa shape index (κ2) is 5.48. The van der Waals surface area contributed by atoms with Crippen molar-refractivity contribution < 1.29 is 14.7 Å². The molecule has 18 heavy (non-hydrogen) atoms. The van der Waals surface area contributed by atoms with Gasteiger partial charge in [-0.2, -0.15) is 0 Å². The first-order valence-electron chi connectivity index (χ1n) is 5.91. The van der Waals surface area contributed by atoms with Crippen molar-refractivity contribution in [2.45, 2.75) is 25.7 Å². The van der Waals surface area contributed by atoms with Crippen molar-refractivity contribution in [1.29, 1.82) is 0 Å². The average Bonchev–Trinajstić information content (AvgIpc) is 2.99. The van der Waals surface area contributed by atoms with Gasteiger partial charge >= 0.3 is 5.97 Å². The Bertz CT molecular complexity index is 491. The van der Waals surface area contributed by atoms with Gasteiger partial charge in [0.15, 0.2) is 11.4 Å². The van der Waals surface area contributed by atoms with Gasteiger partial charge in [-0.25, -0.2) is 9.78 Å². The third-order valence-corrected chi connectivity index (χ3v) is 2.93. The van der Waals surface area contributed by atoms with Gasteiger partial charge in [-0.3, -0.25) is 4.79 Å². The summed E-state index contributed by atoms with van der Waals surface area (Å²) < 4.78 is 0. The minimum Gasteiger partial charge on any atom is -0.477 e. The number of carbonyl (C=O) groups is 2. The number of carboxylic acids is 1. The fourth-order valence-corrected chi connectivity index (χ4v) is 2.01. The number of aromatic amines is 1. The molecule has 1 heterocycles. The standard InChI is InChI=1S/C12H15N3O3/c16-11(9-10(12(17)18)15-7-14-9)13-6-5-8-3-1-2-4-8/h3,7H,1-2,4-6H2,(H,13,16)(H,14,15)(H,17,18). The quantitative estimate of drug-likeness (QED) is 0.686. The van der Waals surface area contributed by atoms with E-state index in [1.54, 1.807) is 0 Å². The van der Waals surface area contributed by atoms with Gasteiger partial charge in [0.05, 0.1) is 6.33 Å². The van der Waals surface area contributed by atoms with Crippen molar-refractivity contribution >= 4 is 11.9 Å². The summed E-state index contributed by atoms with van der Waals surface area (Å²) in [6.07, 6.45) is 7.62. The Morgan fingerprint density at radius 3 is 3.00 bits per heavy atom. The molecular formula is C12H15N3O3. The van der Waals surface area contributed by atoms with Crippen LogP contribution in [0.1, 0.15) is 46.7 Å². The zero-order chi connectivity index (χ0) is 13.0. The first-order chi connectivity index (χ1) is 8.68. The number of allylic oxidation sites excluding steroid dienone is 1. The smallest absolute Gasteiger partial charge is 0.354 e. The first-order valence-corrected chi connectivity index (χ1v) is 5.91. The Balaban J connectivity index is 1.87. The molecule has 0 unspecified atom stereocenters. The molecule has 1 aromatic heterocycles. The molecule has 1 aliphatic rings. The van der Waals surface area contributed by atoms with Crippen molar-refractivity contribution in [3.8, 4) is 0 Å². The van der Waals surface area contributed by atoms with Crippen LogP contribution in [0.4, 0.5) is 0 Å². The third-order valence-electron chi connectivity index (χ3n) is 2.93. The lowest BCUT2D eigenvalue weighted by atomic mass is 10.1. The van der Waals surface area contributed by atoms with Crippen LogP contribution in [-0.4, -0.2) is 33.5 Å². The van der Waals surface area contributed by atoms with Crippen molar-refractivity contribution in [2.75, 3.05) is 6.54 Å². The van der Waals surface area contributed by atoms with Crippen molar-refractivity contribution in [2.24, 2.45) is 0 Å². The molecule has 1 aliphatic carbocycles. The molecule has 1 aromatic rings. The molecule has 0 atom stereocenters. The fraction of sp³-hybridized carbons (Fsp3) is 0.417. The number of H-pyrrole nitrogens is 1. The number of hydrogen-bond acceptors (Lipinski definition) is 3. The predicted molar refractivity (Wildman–Crippen MR) is 64.4 cm³/mol. The number of aromatic nitrogens is 2. The number of nitrogens with zero attached hydrogens (tertiary/aromatic N) is 1. The molecule has 0 spiro atoms. The summed E-state index contributed by atoms with van der Waals surface area (Å²) in [7, 11) is 0. The van der Waals surface area contributed by atoms with Gasteiger partial charge in [0.25, 0.3) is 5.91 Å². The molecule has 6 nitrogen and oxygen atoms in total. The van der Waals surface area contributed by atoms with Gasteiger partial charge in [-0.15, -0.1) is 0 Å². The highest BCUT2D eigenvalue weighted by Crippen LogP contribution is 2.19. The monoisotopic (exact) mass is 249 g/mol. The average molecular weight is 249 g/mol. The SMILES string of the molecule is O=C(NCCC1=CCCC1)c1nc[nH]c1C(=O)O. The van der Waals surface area contributed by atoms with Crippen LogP contribution in [0, 0.1) is 0 Å². The molecule has 0 aliphatic heterocycles. The summed E-state index contributed by atoms with van der Waals surface area (Å²) in [6.45, 7) is 0.511. The number of aromatic carboxylic acids is 1. The molecule has 6 heteroatoms. The lowest BCUT2D eigenvalue weighted by Gasteiger charge is -2.04. The lowest BCUT2D eigenvalue weighted by molar-refractivity contribution is 0.0685. The number of imidazole rings is 1. The van der Waals surface area contributed by atoms with E-state index in [1.165, 1.54) is 18.3 Å². The van der Waals surface area contributed by atoms with Crippen LogP contribution in [-0.2, 0) is 0 Å². The number of amides is 1. The second-order valence-corrected chi connectivity index (χ2v) is 4.19. The van der Waals surface area contributed by atoms with Gasteiger partial charge in [-0.1, -0.05) is 11.6 Å². The van der Waals surface area contributed by atoms with E-state index < -0.39 is 11.9 Å². The molecule has 3 N–H and O–H groups in total. The van der Waals surface area contributed by atoms with E-state index in [1.807, 2.05) is 0 Å². The summed E-state index contributed by atoms with van der Waals surface area (Å²) in [4.78, 5) is 28.7. The van der Waals surface area contributed by atoms with Crippen LogP contribution in [0.25, 0.3) is 0 Å². The molecule has 0 aromatic carbocycles. The maximum absolute atomic E-state index is 11.7. The molecule has 0 fully saturated rings. The molecule has 0 saturated carbocycles. The maximum Gasteiger partial charge on any atom is 0.354 e. The van der Waals surface area contributed by atoms with Crippen LogP contribution in [0.5, 0.6) is 0 Å². The summed E-state index contributed by atoms with van der Waals surface area (Å²) in [5.41, 5.74) is 1.12. The van der Waals surface area contributed by atoms with E-state index >= 15 is 0 Å². The Morgan fingerprint density at radius 1 is 1.50 bits per heavy atom. The van der Waals surface area contributed by atoms with Crippen LogP contribution in [0.15, 0.2) is 18.0 Å². The Labute approximate surface area is 104 Å². The van der Waals surface area contributed by atoms with Crippen molar-refractivity contribution in [3.63, 3.8) is 0 Å². The number of carboxylic acid groups (broad SMARTS) is 1. The van der Waals surface area contributed by atoms with Gasteiger partial charge in [0.1, 0.15) is 0 Å². The Morgan fingerprint density at radius 2 is 2.33 bits per heavy atom. The molecular weight excluding hydrogens is 234 g/mol. The first kappa shape index (κ1) is 12.3. The van der Waals surface area contributed by atoms with Gasteiger partial charge < -0.3 is 15.4 Å². The highest BCUT2D eigenvalue weighted by atomic mass is 16.4. The minimum absolute atomic E-state index is 0.0668. The highest BCUT2D eigenvalue weighted by molar-refractivity contribution is 6.02. The third kappa shape index (κ3) is 2.77. The zero-order valence-electron chi connectivity index (χ0n) is 9.90. The lowest BCUT2D eigenvalue weighted by Crippen LogP contribution is -2.26. The van der Waals surface area contributed by atoms with E-state index in [0.29, 0.717) is 6.54 Å². The molecule has 0 bridgehead atoms.